The summed E-state index contributed by atoms with van der Waals surface area (Å²) in [7, 11) is 0. The summed E-state index contributed by atoms with van der Waals surface area (Å²) in [6, 6.07) is 22.2. The molecule has 2 aliphatic rings. The van der Waals surface area contributed by atoms with E-state index >= 15 is 0 Å². The highest BCUT2D eigenvalue weighted by Gasteiger charge is 2.59. The van der Waals surface area contributed by atoms with Crippen molar-refractivity contribution >= 4 is 62.1 Å². The van der Waals surface area contributed by atoms with E-state index in [0.29, 0.717) is 21.6 Å². The summed E-state index contributed by atoms with van der Waals surface area (Å²) in [5, 5.41) is 7.54. The van der Waals surface area contributed by atoms with Gasteiger partial charge >= 0.3 is 0 Å². The molecule has 5 nitrogen and oxygen atoms in total. The fourth-order valence-electron chi connectivity index (χ4n) is 4.47. The topological polar surface area (TPSA) is 53.6 Å². The average Bonchev–Trinajstić information content (AvgIpc) is 2.76. The Morgan fingerprint density at radius 2 is 1.88 bits per heavy atom. The lowest BCUT2D eigenvalue weighted by Gasteiger charge is -2.56. The predicted octanol–water partition coefficient (Wildman–Crippen LogP) is 5.90. The number of thiocarbonyl (C=S) groups is 1. The van der Waals surface area contributed by atoms with E-state index in [-0.39, 0.29) is 11.9 Å². The monoisotopic (exact) mass is 527 g/mol. The van der Waals surface area contributed by atoms with Gasteiger partial charge in [0.2, 0.25) is 5.91 Å². The van der Waals surface area contributed by atoms with Gasteiger partial charge in [0.05, 0.1) is 6.04 Å². The number of nitrogens with zero attached hydrogens (tertiary/aromatic N) is 1. The molecule has 0 saturated carbocycles. The summed E-state index contributed by atoms with van der Waals surface area (Å²) in [6.45, 7) is 1.91. The van der Waals surface area contributed by atoms with Crippen LogP contribution in [0.15, 0.2) is 77.3 Å². The van der Waals surface area contributed by atoms with Crippen LogP contribution in [0.2, 0.25) is 5.02 Å². The minimum atomic E-state index is -1.05. The molecule has 0 radical (unpaired) electrons. The number of benzene rings is 3. The first-order chi connectivity index (χ1) is 15.4. The Labute approximate surface area is 204 Å². The molecule has 2 N–H and O–H groups in total. The first-order valence-electron chi connectivity index (χ1n) is 10.1. The van der Waals surface area contributed by atoms with Crippen molar-refractivity contribution in [2.24, 2.45) is 5.92 Å². The normalized spacial score (nSPS) is 23.6. The number of nitrogens with one attached hydrogen (secondary N) is 2. The van der Waals surface area contributed by atoms with Crippen molar-refractivity contribution in [3.05, 3.63) is 87.9 Å². The molecule has 2 heterocycles. The van der Waals surface area contributed by atoms with Crippen molar-refractivity contribution in [1.29, 1.82) is 0 Å². The first kappa shape index (κ1) is 21.2. The first-order valence-corrected chi connectivity index (χ1v) is 11.7. The highest BCUT2D eigenvalue weighted by atomic mass is 79.9. The summed E-state index contributed by atoms with van der Waals surface area (Å²) in [4.78, 5) is 15.6. The molecule has 3 atom stereocenters. The SMILES string of the molecule is C[C@@]12Oc3ccc(Br)cc3[C@@H](NC(=S)N1c1ccccc1)[C@@H]2C(=O)Nc1ccc(Cl)cc1. The summed E-state index contributed by atoms with van der Waals surface area (Å²) >= 11 is 15.3. The van der Waals surface area contributed by atoms with E-state index in [2.05, 4.69) is 26.6 Å². The zero-order chi connectivity index (χ0) is 22.5. The lowest BCUT2D eigenvalue weighted by atomic mass is 9.78. The van der Waals surface area contributed by atoms with Crippen LogP contribution >= 0.6 is 39.7 Å². The van der Waals surface area contributed by atoms with Gasteiger partial charge < -0.3 is 15.4 Å². The standard InChI is InChI=1S/C24H19BrClN3O2S/c1-24-20(22(30)27-16-10-8-15(26)9-11-16)21(18-13-14(25)7-12-19(18)31-24)28-23(32)29(24)17-5-3-2-4-6-17/h2-13,20-21H,1H3,(H,27,30)(H,28,32)/t20-,21-,24+/m1/s1. The average molecular weight is 529 g/mol. The predicted molar refractivity (Wildman–Crippen MR) is 134 cm³/mol. The molecular weight excluding hydrogens is 510 g/mol. The van der Waals surface area contributed by atoms with Crippen molar-refractivity contribution in [3.63, 3.8) is 0 Å². The molecule has 2 aliphatic heterocycles. The Balaban J connectivity index is 1.62. The number of fused-ring (bicyclic) bond motifs is 4. The second-order valence-corrected chi connectivity index (χ2v) is 9.65. The fourth-order valence-corrected chi connectivity index (χ4v) is 5.39. The number of carbonyl (C=O) groups is 1. The maximum Gasteiger partial charge on any atom is 0.236 e. The van der Waals surface area contributed by atoms with Crippen molar-refractivity contribution in [2.75, 3.05) is 10.2 Å². The highest BCUT2D eigenvalue weighted by Crippen LogP contribution is 2.50. The van der Waals surface area contributed by atoms with Gasteiger partial charge in [-0.15, -0.1) is 0 Å². The Hall–Kier alpha value is -2.61. The number of amides is 1. The molecule has 2 bridgehead atoms. The molecule has 1 fully saturated rings. The Bertz CT molecular complexity index is 1210. The molecule has 1 saturated heterocycles. The van der Waals surface area contributed by atoms with Crippen LogP contribution in [0.4, 0.5) is 11.4 Å². The second kappa shape index (κ2) is 8.06. The number of anilines is 2. The number of rotatable bonds is 3. The largest absolute Gasteiger partial charge is 0.467 e. The maximum absolute atomic E-state index is 13.7. The van der Waals surface area contributed by atoms with Crippen molar-refractivity contribution < 1.29 is 9.53 Å². The summed E-state index contributed by atoms with van der Waals surface area (Å²) < 4.78 is 7.47. The van der Waals surface area contributed by atoms with Gasteiger partial charge in [-0.2, -0.15) is 0 Å². The summed E-state index contributed by atoms with van der Waals surface area (Å²) in [6.07, 6.45) is 0. The molecule has 8 heteroatoms. The molecule has 3 aromatic rings. The van der Waals surface area contributed by atoms with Gasteiger partial charge in [0.15, 0.2) is 10.8 Å². The van der Waals surface area contributed by atoms with Gasteiger partial charge in [0, 0.05) is 26.4 Å². The molecule has 1 amide bonds. The number of ether oxygens (including phenoxy) is 1. The van der Waals surface area contributed by atoms with Crippen LogP contribution in [0.25, 0.3) is 0 Å². The number of hydrogen-bond donors (Lipinski definition) is 2. The lowest BCUT2D eigenvalue weighted by Crippen LogP contribution is -2.72. The molecule has 0 spiro atoms. The fraction of sp³-hybridized carbons (Fsp3) is 0.167. The molecule has 0 aromatic heterocycles. The summed E-state index contributed by atoms with van der Waals surface area (Å²) in [5.74, 6) is -0.0690. The molecular formula is C24H19BrClN3O2S. The maximum atomic E-state index is 13.7. The number of carbonyl (C=O) groups excluding carboxylic acids is 1. The van der Waals surface area contributed by atoms with E-state index in [1.54, 1.807) is 24.3 Å². The van der Waals surface area contributed by atoms with Crippen LogP contribution in [0, 0.1) is 5.92 Å². The number of para-hydroxylation sites is 1. The van der Waals surface area contributed by atoms with Crippen LogP contribution in [-0.2, 0) is 4.79 Å². The van der Waals surface area contributed by atoms with Crippen LogP contribution in [-0.4, -0.2) is 16.7 Å². The van der Waals surface area contributed by atoms with Gasteiger partial charge in [-0.3, -0.25) is 9.69 Å². The van der Waals surface area contributed by atoms with Gasteiger partial charge in [-0.1, -0.05) is 45.7 Å². The van der Waals surface area contributed by atoms with Gasteiger partial charge in [0.1, 0.15) is 11.7 Å². The number of halogens is 2. The van der Waals surface area contributed by atoms with E-state index in [9.17, 15) is 4.79 Å². The molecule has 0 aliphatic carbocycles. The van der Waals surface area contributed by atoms with Crippen LogP contribution in [0.5, 0.6) is 5.75 Å². The van der Waals surface area contributed by atoms with E-state index < -0.39 is 11.6 Å². The van der Waals surface area contributed by atoms with Crippen LogP contribution in [0.1, 0.15) is 18.5 Å². The Kier molecular flexibility index (Phi) is 5.35. The van der Waals surface area contributed by atoms with Gasteiger partial charge in [0.25, 0.3) is 0 Å². The van der Waals surface area contributed by atoms with Crippen molar-refractivity contribution in [1.82, 2.24) is 5.32 Å². The van der Waals surface area contributed by atoms with Gasteiger partial charge in [-0.25, -0.2) is 0 Å². The van der Waals surface area contributed by atoms with E-state index in [1.807, 2.05) is 60.4 Å². The van der Waals surface area contributed by atoms with E-state index in [1.165, 1.54) is 0 Å². The zero-order valence-corrected chi connectivity index (χ0v) is 20.2. The van der Waals surface area contributed by atoms with Crippen molar-refractivity contribution in [2.45, 2.75) is 18.7 Å². The molecule has 32 heavy (non-hydrogen) atoms. The number of hydrogen-bond acceptors (Lipinski definition) is 3. The Morgan fingerprint density at radius 1 is 1.16 bits per heavy atom. The van der Waals surface area contributed by atoms with Crippen LogP contribution < -0.4 is 20.3 Å². The third kappa shape index (κ3) is 3.54. The molecule has 3 aromatic carbocycles. The molecule has 0 unspecified atom stereocenters. The highest BCUT2D eigenvalue weighted by molar-refractivity contribution is 9.10. The van der Waals surface area contributed by atoms with Crippen LogP contribution in [0.3, 0.4) is 0 Å². The lowest BCUT2D eigenvalue weighted by molar-refractivity contribution is -0.130. The minimum Gasteiger partial charge on any atom is -0.467 e. The smallest absolute Gasteiger partial charge is 0.236 e. The van der Waals surface area contributed by atoms with Gasteiger partial charge in [-0.05, 0) is 73.7 Å². The molecule has 162 valence electrons. The third-order valence-electron chi connectivity index (χ3n) is 5.87. The summed E-state index contributed by atoms with van der Waals surface area (Å²) in [5.41, 5.74) is 1.33. The van der Waals surface area contributed by atoms with E-state index in [4.69, 9.17) is 28.6 Å². The Morgan fingerprint density at radius 3 is 2.59 bits per heavy atom. The van der Waals surface area contributed by atoms with E-state index in [0.717, 1.165) is 15.7 Å². The zero-order valence-electron chi connectivity index (χ0n) is 17.0. The quantitative estimate of drug-likeness (QED) is 0.415. The third-order valence-corrected chi connectivity index (χ3v) is 6.91. The van der Waals surface area contributed by atoms with Crippen molar-refractivity contribution in [3.8, 4) is 5.75 Å². The molecule has 5 rings (SSSR count). The minimum absolute atomic E-state index is 0.179. The second-order valence-electron chi connectivity index (χ2n) is 7.91.